The summed E-state index contributed by atoms with van der Waals surface area (Å²) in [4.78, 5) is 36.5. The second kappa shape index (κ2) is 14.6. The lowest BCUT2D eigenvalue weighted by molar-refractivity contribution is -0.120. The first-order chi connectivity index (χ1) is 24.0. The number of rotatable bonds is 11. The van der Waals surface area contributed by atoms with Gasteiger partial charge in [0.05, 0.1) is 24.1 Å². The molecule has 1 aromatic heterocycles. The molecular weight excluding hydrogens is 606 g/mol. The van der Waals surface area contributed by atoms with Gasteiger partial charge in [0.25, 0.3) is 0 Å². The number of fused-ring (bicyclic) bond motifs is 2. The SMILES string of the molecule is Cn1c(CCc2ccc(CN)cc2)nc2cc(N(Cc3cccc4ccccc34)C(=O)CN3CCC(C(=O)c4ccccc4)CC3)ccc21. The lowest BCUT2D eigenvalue weighted by Crippen LogP contribution is -2.44. The van der Waals surface area contributed by atoms with E-state index in [-0.39, 0.29) is 17.6 Å². The van der Waals surface area contributed by atoms with E-state index < -0.39 is 0 Å². The number of Topliss-reactive ketones (excluding diaryl/α,β-unsaturated/α-hetero) is 1. The summed E-state index contributed by atoms with van der Waals surface area (Å²) in [5.74, 6) is 1.25. The molecule has 49 heavy (non-hydrogen) atoms. The molecule has 1 aliphatic rings. The minimum atomic E-state index is -0.00778. The summed E-state index contributed by atoms with van der Waals surface area (Å²) in [5, 5.41) is 2.30. The van der Waals surface area contributed by atoms with E-state index >= 15 is 0 Å². The molecule has 7 nitrogen and oxygen atoms in total. The highest BCUT2D eigenvalue weighted by Gasteiger charge is 2.28. The molecule has 6 aromatic rings. The summed E-state index contributed by atoms with van der Waals surface area (Å²) in [6.45, 7) is 2.73. The van der Waals surface area contributed by atoms with Gasteiger partial charge in [0.1, 0.15) is 5.82 Å². The van der Waals surface area contributed by atoms with Crippen LogP contribution in [0.3, 0.4) is 0 Å². The Kier molecular flexibility index (Phi) is 9.64. The fourth-order valence-electron chi connectivity index (χ4n) is 7.12. The second-order valence-corrected chi connectivity index (χ2v) is 13.2. The Balaban J connectivity index is 1.12. The largest absolute Gasteiger partial charge is 0.331 e. The van der Waals surface area contributed by atoms with Crippen LogP contribution in [0.4, 0.5) is 5.69 Å². The van der Waals surface area contributed by atoms with Crippen molar-refractivity contribution in [2.75, 3.05) is 24.5 Å². The third kappa shape index (κ3) is 7.19. The molecule has 7 rings (SSSR count). The fraction of sp³-hybridized carbons (Fsp3) is 0.262. The molecule has 0 saturated carbocycles. The standard InChI is InChI=1S/C42H43N5O2/c1-45-39-20-19-36(26-38(39)44-40(45)21-18-30-14-16-31(27-43)17-15-30)47(28-35-12-7-11-32-8-5-6-13-37(32)35)41(48)29-46-24-22-34(23-25-46)42(49)33-9-3-2-4-10-33/h2-17,19-20,26,34H,18,21-25,27-29,43H2,1H3. The Morgan fingerprint density at radius 2 is 1.53 bits per heavy atom. The zero-order chi connectivity index (χ0) is 33.7. The molecule has 1 saturated heterocycles. The molecule has 2 heterocycles. The van der Waals surface area contributed by atoms with Gasteiger partial charge in [0, 0.05) is 37.2 Å². The average Bonchev–Trinajstić information content (AvgIpc) is 3.47. The van der Waals surface area contributed by atoms with Crippen LogP contribution < -0.4 is 10.6 Å². The molecule has 0 unspecified atom stereocenters. The maximum Gasteiger partial charge on any atom is 0.241 e. The summed E-state index contributed by atoms with van der Waals surface area (Å²) in [7, 11) is 2.06. The zero-order valence-corrected chi connectivity index (χ0v) is 28.1. The van der Waals surface area contributed by atoms with Crippen molar-refractivity contribution in [3.05, 3.63) is 143 Å². The predicted octanol–water partition coefficient (Wildman–Crippen LogP) is 7.10. The number of nitrogens with zero attached hydrogens (tertiary/aromatic N) is 4. The monoisotopic (exact) mass is 649 g/mol. The predicted molar refractivity (Wildman–Crippen MR) is 198 cm³/mol. The first kappa shape index (κ1) is 32.4. The maximum atomic E-state index is 14.3. The molecular formula is C42H43N5O2. The molecule has 1 fully saturated rings. The molecule has 0 spiro atoms. The van der Waals surface area contributed by atoms with E-state index in [4.69, 9.17) is 10.7 Å². The number of likely N-dealkylation sites (tertiary alicyclic amines) is 1. The Labute approximate surface area is 288 Å². The van der Waals surface area contributed by atoms with Crippen molar-refractivity contribution in [3.63, 3.8) is 0 Å². The van der Waals surface area contributed by atoms with Crippen molar-refractivity contribution >= 4 is 39.2 Å². The summed E-state index contributed by atoms with van der Waals surface area (Å²) in [6, 6.07) is 38.8. The van der Waals surface area contributed by atoms with E-state index in [1.165, 1.54) is 5.56 Å². The molecule has 0 radical (unpaired) electrons. The van der Waals surface area contributed by atoms with Crippen LogP contribution in [0.2, 0.25) is 0 Å². The van der Waals surface area contributed by atoms with Crippen LogP contribution in [-0.4, -0.2) is 45.8 Å². The molecule has 0 aliphatic carbocycles. The van der Waals surface area contributed by atoms with Crippen molar-refractivity contribution in [2.24, 2.45) is 18.7 Å². The van der Waals surface area contributed by atoms with Crippen LogP contribution in [0.15, 0.2) is 115 Å². The van der Waals surface area contributed by atoms with Crippen LogP contribution in [-0.2, 0) is 37.8 Å². The quantitative estimate of drug-likeness (QED) is 0.152. The lowest BCUT2D eigenvalue weighted by Gasteiger charge is -2.33. The van der Waals surface area contributed by atoms with E-state index in [2.05, 4.69) is 83.2 Å². The number of hydrogen-bond acceptors (Lipinski definition) is 5. The molecule has 5 aromatic carbocycles. The van der Waals surface area contributed by atoms with Crippen molar-refractivity contribution in [1.29, 1.82) is 0 Å². The van der Waals surface area contributed by atoms with Gasteiger partial charge in [0.15, 0.2) is 5.78 Å². The topological polar surface area (TPSA) is 84.5 Å². The van der Waals surface area contributed by atoms with Crippen LogP contribution in [0.1, 0.15) is 45.7 Å². The third-order valence-corrected chi connectivity index (χ3v) is 10.0. The Bertz CT molecular complexity index is 2070. The number of amides is 1. The van der Waals surface area contributed by atoms with E-state index in [9.17, 15) is 9.59 Å². The van der Waals surface area contributed by atoms with Crippen molar-refractivity contribution in [1.82, 2.24) is 14.5 Å². The number of nitrogens with two attached hydrogens (primary N) is 1. The van der Waals surface area contributed by atoms with Crippen molar-refractivity contribution in [3.8, 4) is 0 Å². The fourth-order valence-corrected chi connectivity index (χ4v) is 7.12. The highest BCUT2D eigenvalue weighted by molar-refractivity contribution is 5.99. The number of benzene rings is 5. The van der Waals surface area contributed by atoms with Crippen LogP contribution >= 0.6 is 0 Å². The molecule has 2 N–H and O–H groups in total. The average molecular weight is 650 g/mol. The smallest absolute Gasteiger partial charge is 0.241 e. The molecule has 1 amide bonds. The Hall–Kier alpha value is -5.11. The van der Waals surface area contributed by atoms with Gasteiger partial charge in [-0.3, -0.25) is 14.5 Å². The molecule has 7 heteroatoms. The highest BCUT2D eigenvalue weighted by atomic mass is 16.2. The van der Waals surface area contributed by atoms with Crippen LogP contribution in [0.25, 0.3) is 21.8 Å². The number of hydrogen-bond donors (Lipinski definition) is 1. The molecule has 248 valence electrons. The molecule has 1 aliphatic heterocycles. The first-order valence-electron chi connectivity index (χ1n) is 17.3. The number of imidazole rings is 1. The number of carbonyl (C=O) groups excluding carboxylic acids is 2. The Morgan fingerprint density at radius 3 is 2.31 bits per heavy atom. The van der Waals surface area contributed by atoms with Gasteiger partial charge in [-0.2, -0.15) is 0 Å². The number of piperidine rings is 1. The van der Waals surface area contributed by atoms with Gasteiger partial charge in [-0.25, -0.2) is 4.98 Å². The van der Waals surface area contributed by atoms with Crippen LogP contribution in [0.5, 0.6) is 0 Å². The van der Waals surface area contributed by atoms with E-state index in [0.29, 0.717) is 32.7 Å². The lowest BCUT2D eigenvalue weighted by atomic mass is 9.89. The highest BCUT2D eigenvalue weighted by Crippen LogP contribution is 2.28. The van der Waals surface area contributed by atoms with Crippen LogP contribution in [0, 0.1) is 5.92 Å². The van der Waals surface area contributed by atoms with Crippen molar-refractivity contribution < 1.29 is 9.59 Å². The Morgan fingerprint density at radius 1 is 0.816 bits per heavy atom. The second-order valence-electron chi connectivity index (χ2n) is 13.2. The summed E-state index contributed by atoms with van der Waals surface area (Å²) in [5.41, 5.74) is 12.8. The van der Waals surface area contributed by atoms with Gasteiger partial charge in [-0.15, -0.1) is 0 Å². The first-order valence-corrected chi connectivity index (χ1v) is 17.3. The van der Waals surface area contributed by atoms with E-state index in [0.717, 1.165) is 75.7 Å². The van der Waals surface area contributed by atoms with Gasteiger partial charge < -0.3 is 15.2 Å². The maximum absolute atomic E-state index is 14.3. The van der Waals surface area contributed by atoms with E-state index in [1.807, 2.05) is 53.4 Å². The summed E-state index contributed by atoms with van der Waals surface area (Å²) in [6.07, 6.45) is 3.20. The zero-order valence-electron chi connectivity index (χ0n) is 28.1. The van der Waals surface area contributed by atoms with Crippen molar-refractivity contribution in [2.45, 2.75) is 38.8 Å². The number of carbonyl (C=O) groups is 2. The summed E-state index contributed by atoms with van der Waals surface area (Å²) >= 11 is 0. The number of aryl methyl sites for hydroxylation is 3. The minimum absolute atomic E-state index is 0.00778. The molecule has 0 bridgehead atoms. The van der Waals surface area contributed by atoms with Gasteiger partial charge in [-0.1, -0.05) is 97.1 Å². The van der Waals surface area contributed by atoms with E-state index in [1.54, 1.807) is 0 Å². The molecule has 0 atom stereocenters. The number of anilines is 1. The normalized spacial score (nSPS) is 14.0. The number of aromatic nitrogens is 2. The van der Waals surface area contributed by atoms with Gasteiger partial charge in [-0.05, 0) is 78.0 Å². The summed E-state index contributed by atoms with van der Waals surface area (Å²) < 4.78 is 2.16. The number of ketones is 1. The van der Waals surface area contributed by atoms with Gasteiger partial charge >= 0.3 is 0 Å². The van der Waals surface area contributed by atoms with Gasteiger partial charge in [0.2, 0.25) is 5.91 Å². The third-order valence-electron chi connectivity index (χ3n) is 10.0. The minimum Gasteiger partial charge on any atom is -0.331 e.